The number of benzene rings is 1. The van der Waals surface area contributed by atoms with Crippen LogP contribution in [0.2, 0.25) is 0 Å². The van der Waals surface area contributed by atoms with Crippen LogP contribution in [0.3, 0.4) is 0 Å². The van der Waals surface area contributed by atoms with Crippen molar-refractivity contribution in [2.45, 2.75) is 50.4 Å². The lowest BCUT2D eigenvalue weighted by Gasteiger charge is -2.39. The zero-order valence-corrected chi connectivity index (χ0v) is 11.5. The highest BCUT2D eigenvalue weighted by atomic mass is 16.5. The maximum absolute atomic E-state index is 10.8. The molecule has 1 N–H and O–H groups in total. The monoisotopic (exact) mass is 262 g/mol. The molecule has 1 fully saturated rings. The van der Waals surface area contributed by atoms with Crippen LogP contribution in [0.25, 0.3) is 0 Å². The topological polar surface area (TPSA) is 38.7 Å². The van der Waals surface area contributed by atoms with E-state index in [9.17, 15) is 5.11 Å². The SMILES string of the molecule is CC1CC(O)(CC2OCCc3ccccc32)CCO1. The number of fused-ring (bicyclic) bond motifs is 1. The molecule has 19 heavy (non-hydrogen) atoms. The molecule has 0 spiro atoms. The molecule has 0 aliphatic carbocycles. The number of aliphatic hydroxyl groups is 1. The van der Waals surface area contributed by atoms with Gasteiger partial charge in [-0.05, 0) is 30.9 Å². The number of hydrogen-bond acceptors (Lipinski definition) is 3. The van der Waals surface area contributed by atoms with E-state index >= 15 is 0 Å². The molecular formula is C16H22O3. The van der Waals surface area contributed by atoms with E-state index in [2.05, 4.69) is 24.3 Å². The lowest BCUT2D eigenvalue weighted by atomic mass is 9.82. The predicted molar refractivity (Wildman–Crippen MR) is 73.1 cm³/mol. The van der Waals surface area contributed by atoms with Crippen LogP contribution in [0.4, 0.5) is 0 Å². The van der Waals surface area contributed by atoms with Gasteiger partial charge in [0.25, 0.3) is 0 Å². The van der Waals surface area contributed by atoms with Crippen molar-refractivity contribution in [2.75, 3.05) is 13.2 Å². The molecular weight excluding hydrogens is 240 g/mol. The fourth-order valence-electron chi connectivity index (χ4n) is 3.32. The molecule has 2 aliphatic rings. The van der Waals surface area contributed by atoms with Gasteiger partial charge >= 0.3 is 0 Å². The van der Waals surface area contributed by atoms with E-state index in [0.717, 1.165) is 13.0 Å². The van der Waals surface area contributed by atoms with Gasteiger partial charge in [0.05, 0.1) is 24.4 Å². The molecule has 3 rings (SSSR count). The molecule has 104 valence electrons. The highest BCUT2D eigenvalue weighted by Gasteiger charge is 2.37. The minimum atomic E-state index is -0.646. The molecule has 0 aromatic heterocycles. The molecule has 3 atom stereocenters. The van der Waals surface area contributed by atoms with Crippen LogP contribution in [0.15, 0.2) is 24.3 Å². The molecule has 3 unspecified atom stereocenters. The first-order valence-corrected chi connectivity index (χ1v) is 7.20. The summed E-state index contributed by atoms with van der Waals surface area (Å²) < 4.78 is 11.4. The van der Waals surface area contributed by atoms with Crippen LogP contribution in [0, 0.1) is 0 Å². The van der Waals surface area contributed by atoms with E-state index in [-0.39, 0.29) is 12.2 Å². The highest BCUT2D eigenvalue weighted by molar-refractivity contribution is 5.31. The highest BCUT2D eigenvalue weighted by Crippen LogP contribution is 2.38. The lowest BCUT2D eigenvalue weighted by Crippen LogP contribution is -2.41. The standard InChI is InChI=1S/C16H22O3/c1-12-10-16(17,7-9-18-12)11-15-14-5-3-2-4-13(14)6-8-19-15/h2-5,12,15,17H,6-11H2,1H3. The van der Waals surface area contributed by atoms with Gasteiger partial charge in [-0.25, -0.2) is 0 Å². The average molecular weight is 262 g/mol. The van der Waals surface area contributed by atoms with Crippen LogP contribution in [-0.4, -0.2) is 30.0 Å². The minimum Gasteiger partial charge on any atom is -0.390 e. The summed E-state index contributed by atoms with van der Waals surface area (Å²) in [4.78, 5) is 0. The average Bonchev–Trinajstić information content (AvgIpc) is 2.38. The van der Waals surface area contributed by atoms with Crippen molar-refractivity contribution >= 4 is 0 Å². The predicted octanol–water partition coefficient (Wildman–Crippen LogP) is 2.62. The summed E-state index contributed by atoms with van der Waals surface area (Å²) in [6.45, 7) is 3.43. The molecule has 3 nitrogen and oxygen atoms in total. The van der Waals surface area contributed by atoms with Gasteiger partial charge in [-0.15, -0.1) is 0 Å². The van der Waals surface area contributed by atoms with Gasteiger partial charge in [0, 0.05) is 19.4 Å². The Morgan fingerprint density at radius 2 is 2.11 bits per heavy atom. The van der Waals surface area contributed by atoms with Gasteiger partial charge in [0.2, 0.25) is 0 Å². The van der Waals surface area contributed by atoms with Gasteiger partial charge < -0.3 is 14.6 Å². The summed E-state index contributed by atoms with van der Waals surface area (Å²) in [7, 11) is 0. The molecule has 3 heteroatoms. The molecule has 0 radical (unpaired) electrons. The second-order valence-corrected chi connectivity index (χ2v) is 5.87. The Bertz CT molecular complexity index is 445. The van der Waals surface area contributed by atoms with Gasteiger partial charge in [0.15, 0.2) is 0 Å². The van der Waals surface area contributed by atoms with E-state index in [1.165, 1.54) is 11.1 Å². The molecule has 1 saturated heterocycles. The van der Waals surface area contributed by atoms with Crippen molar-refractivity contribution < 1.29 is 14.6 Å². The fraction of sp³-hybridized carbons (Fsp3) is 0.625. The number of hydrogen-bond donors (Lipinski definition) is 1. The number of rotatable bonds is 2. The zero-order chi connectivity index (χ0) is 13.3. The van der Waals surface area contributed by atoms with Gasteiger partial charge in [0.1, 0.15) is 0 Å². The molecule has 1 aromatic carbocycles. The normalized spacial score (nSPS) is 34.8. The van der Waals surface area contributed by atoms with Crippen molar-refractivity contribution in [3.8, 4) is 0 Å². The Labute approximate surface area is 114 Å². The van der Waals surface area contributed by atoms with E-state index in [1.54, 1.807) is 0 Å². The second kappa shape index (κ2) is 5.23. The van der Waals surface area contributed by atoms with Gasteiger partial charge in [-0.1, -0.05) is 24.3 Å². The maximum Gasteiger partial charge on any atom is 0.0855 e. The van der Waals surface area contributed by atoms with Crippen LogP contribution in [0.5, 0.6) is 0 Å². The molecule has 2 heterocycles. The van der Waals surface area contributed by atoms with Crippen LogP contribution in [-0.2, 0) is 15.9 Å². The third-order valence-electron chi connectivity index (χ3n) is 4.29. The Kier molecular flexibility index (Phi) is 3.61. The first-order chi connectivity index (χ1) is 9.16. The van der Waals surface area contributed by atoms with Crippen LogP contribution in [0.1, 0.15) is 43.4 Å². The Morgan fingerprint density at radius 1 is 1.26 bits per heavy atom. The van der Waals surface area contributed by atoms with Crippen molar-refractivity contribution in [1.82, 2.24) is 0 Å². The summed E-state index contributed by atoms with van der Waals surface area (Å²) in [5.74, 6) is 0. The van der Waals surface area contributed by atoms with Gasteiger partial charge in [-0.2, -0.15) is 0 Å². The van der Waals surface area contributed by atoms with E-state index < -0.39 is 5.60 Å². The third-order valence-corrected chi connectivity index (χ3v) is 4.29. The fourth-order valence-corrected chi connectivity index (χ4v) is 3.32. The molecule has 0 saturated carbocycles. The van der Waals surface area contributed by atoms with Crippen molar-refractivity contribution in [1.29, 1.82) is 0 Å². The minimum absolute atomic E-state index is 0.0280. The quantitative estimate of drug-likeness (QED) is 0.890. The molecule has 0 bridgehead atoms. The van der Waals surface area contributed by atoms with Crippen LogP contribution < -0.4 is 0 Å². The van der Waals surface area contributed by atoms with Crippen molar-refractivity contribution in [3.05, 3.63) is 35.4 Å². The maximum atomic E-state index is 10.8. The molecule has 2 aliphatic heterocycles. The molecule has 0 amide bonds. The summed E-state index contributed by atoms with van der Waals surface area (Å²) in [5.41, 5.74) is 1.97. The summed E-state index contributed by atoms with van der Waals surface area (Å²) in [6, 6.07) is 8.43. The zero-order valence-electron chi connectivity index (χ0n) is 11.5. The molecule has 1 aromatic rings. The first kappa shape index (κ1) is 13.1. The summed E-state index contributed by atoms with van der Waals surface area (Å²) in [5, 5.41) is 10.8. The lowest BCUT2D eigenvalue weighted by molar-refractivity contribution is -0.123. The van der Waals surface area contributed by atoms with E-state index in [1.807, 2.05) is 6.92 Å². The summed E-state index contributed by atoms with van der Waals surface area (Å²) >= 11 is 0. The second-order valence-electron chi connectivity index (χ2n) is 5.87. The first-order valence-electron chi connectivity index (χ1n) is 7.20. The Morgan fingerprint density at radius 3 is 2.95 bits per heavy atom. The van der Waals surface area contributed by atoms with E-state index in [4.69, 9.17) is 9.47 Å². The summed E-state index contributed by atoms with van der Waals surface area (Å²) in [6.07, 6.45) is 3.23. The van der Waals surface area contributed by atoms with E-state index in [0.29, 0.717) is 25.9 Å². The number of ether oxygens (including phenoxy) is 2. The van der Waals surface area contributed by atoms with Crippen molar-refractivity contribution in [2.24, 2.45) is 0 Å². The largest absolute Gasteiger partial charge is 0.390 e. The Hall–Kier alpha value is -0.900. The van der Waals surface area contributed by atoms with Crippen molar-refractivity contribution in [3.63, 3.8) is 0 Å². The van der Waals surface area contributed by atoms with Crippen LogP contribution >= 0.6 is 0 Å². The van der Waals surface area contributed by atoms with Gasteiger partial charge in [-0.3, -0.25) is 0 Å². The Balaban J connectivity index is 1.77. The smallest absolute Gasteiger partial charge is 0.0855 e. The third kappa shape index (κ3) is 2.83.